The van der Waals surface area contributed by atoms with Gasteiger partial charge in [-0.25, -0.2) is 0 Å². The second-order valence-electron chi connectivity index (χ2n) is 2.39. The van der Waals surface area contributed by atoms with Crippen LogP contribution in [0.1, 0.15) is 20.3 Å². The first-order chi connectivity index (χ1) is 5.65. The molecule has 0 spiro atoms. The van der Waals surface area contributed by atoms with E-state index in [0.717, 1.165) is 0 Å². The molecule has 0 amide bonds. The van der Waals surface area contributed by atoms with Crippen LogP contribution < -0.4 is 0 Å². The second-order valence-corrected chi connectivity index (χ2v) is 3.21. The molecular formula is C8H14InO3. The van der Waals surface area contributed by atoms with Crippen LogP contribution in [0.2, 0.25) is 0 Å². The topological polar surface area (TPSA) is 35.5 Å². The van der Waals surface area contributed by atoms with Gasteiger partial charge in [0, 0.05) is 0 Å². The Morgan fingerprint density at radius 2 is 2.25 bits per heavy atom. The number of hydrogen-bond acceptors (Lipinski definition) is 3. The van der Waals surface area contributed by atoms with E-state index in [1.54, 1.807) is 7.11 Å². The van der Waals surface area contributed by atoms with Crippen molar-refractivity contribution in [2.75, 3.05) is 7.11 Å². The van der Waals surface area contributed by atoms with Crippen LogP contribution in [0, 0.1) is 0 Å². The van der Waals surface area contributed by atoms with Gasteiger partial charge in [0.15, 0.2) is 0 Å². The SMILES string of the molecule is CCC(=O)C=C([O][InH])C(C)OC. The summed E-state index contributed by atoms with van der Waals surface area (Å²) in [6.45, 7) is 3.68. The van der Waals surface area contributed by atoms with Gasteiger partial charge in [-0.2, -0.15) is 0 Å². The number of methoxy groups -OCH3 is 1. The Morgan fingerprint density at radius 3 is 2.58 bits per heavy atom. The molecule has 0 aromatic carbocycles. The van der Waals surface area contributed by atoms with Crippen molar-refractivity contribution >= 4 is 30.6 Å². The van der Waals surface area contributed by atoms with E-state index in [0.29, 0.717) is 37.0 Å². The Kier molecular flexibility index (Phi) is 6.57. The van der Waals surface area contributed by atoms with Crippen molar-refractivity contribution in [2.24, 2.45) is 0 Å². The van der Waals surface area contributed by atoms with Crippen LogP contribution in [-0.4, -0.2) is 43.8 Å². The molecule has 1 atom stereocenters. The molecule has 0 saturated heterocycles. The van der Waals surface area contributed by atoms with Crippen molar-refractivity contribution in [1.29, 1.82) is 0 Å². The average Bonchev–Trinajstić information content (AvgIpc) is 2.12. The molecule has 0 rings (SSSR count). The van der Waals surface area contributed by atoms with Crippen LogP contribution in [0.4, 0.5) is 0 Å². The number of carbonyl (C=O) groups is 1. The molecule has 0 N–H and O–H groups in total. The molecule has 0 heterocycles. The van der Waals surface area contributed by atoms with Gasteiger partial charge in [0.2, 0.25) is 0 Å². The Bertz CT molecular complexity index is 177. The number of allylic oxidation sites excluding steroid dienone is 1. The van der Waals surface area contributed by atoms with Crippen LogP contribution in [0.25, 0.3) is 0 Å². The predicted octanol–water partition coefficient (Wildman–Crippen LogP) is 0.717. The summed E-state index contributed by atoms with van der Waals surface area (Å²) in [6.07, 6.45) is 1.91. The summed E-state index contributed by atoms with van der Waals surface area (Å²) in [5.41, 5.74) is 0. The molecule has 0 fully saturated rings. The Labute approximate surface area is 88.3 Å². The first-order valence-corrected chi connectivity index (χ1v) is 5.49. The molecular weight excluding hydrogens is 259 g/mol. The average molecular weight is 273 g/mol. The van der Waals surface area contributed by atoms with Gasteiger partial charge in [0.25, 0.3) is 0 Å². The minimum absolute atomic E-state index is 0.0788. The first kappa shape index (κ1) is 12.0. The number of ketones is 1. The number of carbonyl (C=O) groups excluding carboxylic acids is 1. The molecule has 67 valence electrons. The van der Waals surface area contributed by atoms with Gasteiger partial charge in [0.1, 0.15) is 0 Å². The van der Waals surface area contributed by atoms with Gasteiger partial charge in [-0.05, 0) is 0 Å². The van der Waals surface area contributed by atoms with Gasteiger partial charge in [-0.15, -0.1) is 0 Å². The molecule has 1 radical (unpaired) electrons. The van der Waals surface area contributed by atoms with Crippen molar-refractivity contribution in [3.63, 3.8) is 0 Å². The van der Waals surface area contributed by atoms with E-state index in [9.17, 15) is 4.79 Å². The van der Waals surface area contributed by atoms with Gasteiger partial charge in [0.05, 0.1) is 0 Å². The van der Waals surface area contributed by atoms with Crippen LogP contribution in [0.5, 0.6) is 0 Å². The normalized spacial score (nSPS) is 14.1. The van der Waals surface area contributed by atoms with Gasteiger partial charge in [-0.3, -0.25) is 0 Å². The zero-order valence-corrected chi connectivity index (χ0v) is 11.8. The predicted molar refractivity (Wildman–Crippen MR) is 48.1 cm³/mol. The molecule has 12 heavy (non-hydrogen) atoms. The van der Waals surface area contributed by atoms with E-state index in [2.05, 4.69) is 0 Å². The third kappa shape index (κ3) is 4.16. The fraction of sp³-hybridized carbons (Fsp3) is 0.625. The van der Waals surface area contributed by atoms with Gasteiger partial charge in [-0.1, -0.05) is 0 Å². The van der Waals surface area contributed by atoms with Gasteiger partial charge < -0.3 is 0 Å². The quantitative estimate of drug-likeness (QED) is 0.547. The molecule has 0 aliphatic heterocycles. The Morgan fingerprint density at radius 1 is 1.67 bits per heavy atom. The zero-order valence-electron chi connectivity index (χ0n) is 7.79. The van der Waals surface area contributed by atoms with E-state index < -0.39 is 0 Å². The van der Waals surface area contributed by atoms with Crippen molar-refractivity contribution in [2.45, 2.75) is 26.4 Å². The molecule has 0 aliphatic carbocycles. The molecule has 0 bridgehead atoms. The fourth-order valence-corrected chi connectivity index (χ4v) is 1.56. The number of rotatable bonds is 5. The van der Waals surface area contributed by atoms with E-state index in [4.69, 9.17) is 7.59 Å². The molecule has 1 unspecified atom stereocenters. The molecule has 4 heteroatoms. The summed E-state index contributed by atoms with van der Waals surface area (Å²) in [5, 5.41) is 0. The summed E-state index contributed by atoms with van der Waals surface area (Å²) >= 11 is 0.369. The van der Waals surface area contributed by atoms with E-state index in [1.165, 1.54) is 6.08 Å². The third-order valence-electron chi connectivity index (χ3n) is 1.57. The number of hydrogen-bond donors (Lipinski definition) is 0. The van der Waals surface area contributed by atoms with E-state index in [1.807, 2.05) is 13.8 Å². The maximum absolute atomic E-state index is 11.0. The summed E-state index contributed by atoms with van der Waals surface area (Å²) in [6, 6.07) is 0. The monoisotopic (exact) mass is 273 g/mol. The van der Waals surface area contributed by atoms with E-state index in [-0.39, 0.29) is 11.9 Å². The van der Waals surface area contributed by atoms with Crippen LogP contribution in [0.15, 0.2) is 11.8 Å². The first-order valence-electron chi connectivity index (χ1n) is 3.84. The summed E-state index contributed by atoms with van der Waals surface area (Å²) in [4.78, 5) is 11.0. The third-order valence-corrected chi connectivity index (χ3v) is 2.52. The second kappa shape index (κ2) is 6.54. The summed E-state index contributed by atoms with van der Waals surface area (Å²) < 4.78 is 10.2. The molecule has 0 aromatic heterocycles. The minimum atomic E-state index is -0.119. The Hall–Kier alpha value is 0.0401. The van der Waals surface area contributed by atoms with Crippen molar-refractivity contribution < 1.29 is 12.4 Å². The number of ether oxygens (including phenoxy) is 1. The van der Waals surface area contributed by atoms with Crippen molar-refractivity contribution in [3.05, 3.63) is 11.8 Å². The zero-order chi connectivity index (χ0) is 9.56. The maximum atomic E-state index is 11.0. The van der Waals surface area contributed by atoms with Crippen molar-refractivity contribution in [3.8, 4) is 0 Å². The van der Waals surface area contributed by atoms with Crippen LogP contribution in [-0.2, 0) is 12.4 Å². The molecule has 0 aromatic rings. The van der Waals surface area contributed by atoms with E-state index >= 15 is 0 Å². The van der Waals surface area contributed by atoms with Crippen LogP contribution >= 0.6 is 0 Å². The summed E-state index contributed by atoms with van der Waals surface area (Å²) in [5.74, 6) is 0.728. The van der Waals surface area contributed by atoms with Gasteiger partial charge >= 0.3 is 88.3 Å². The molecule has 0 aliphatic rings. The van der Waals surface area contributed by atoms with Crippen LogP contribution in [0.3, 0.4) is 0 Å². The standard InChI is InChI=1S/C8H14O3.In.H/c1-4-7(9)5-8(10)6(2)11-3;;/h5-6,10H,4H2,1-3H3;;/q;+1;/p-1. The van der Waals surface area contributed by atoms with Crippen molar-refractivity contribution in [1.82, 2.24) is 0 Å². The fourth-order valence-electron chi connectivity index (χ4n) is 0.653. The molecule has 3 nitrogen and oxygen atoms in total. The Balaban J connectivity index is 4.31. The summed E-state index contributed by atoms with van der Waals surface area (Å²) in [7, 11) is 1.60. The molecule has 0 saturated carbocycles.